The number of benzene rings is 1. The van der Waals surface area contributed by atoms with Crippen LogP contribution in [0.5, 0.6) is 0 Å². The lowest BCUT2D eigenvalue weighted by atomic mass is 10.0. The van der Waals surface area contributed by atoms with Crippen molar-refractivity contribution in [1.82, 2.24) is 10.2 Å². The number of hydrogen-bond acceptors (Lipinski definition) is 3. The average molecular weight is 283 g/mol. The zero-order chi connectivity index (χ0) is 12.4. The molecule has 2 aliphatic heterocycles. The summed E-state index contributed by atoms with van der Waals surface area (Å²) >= 11 is 0. The van der Waals surface area contributed by atoms with E-state index in [4.69, 9.17) is 4.74 Å². The minimum absolute atomic E-state index is 0. The molecule has 2 fully saturated rings. The maximum atomic E-state index is 5.19. The molecule has 2 aliphatic rings. The number of halogens is 1. The second-order valence-corrected chi connectivity index (χ2v) is 5.63. The number of nitrogens with one attached hydrogen (secondary N) is 1. The van der Waals surface area contributed by atoms with Crippen LogP contribution < -0.4 is 5.32 Å². The fraction of sp³-hybridized carbons (Fsp3) is 0.600. The first kappa shape index (κ1) is 14.8. The molecule has 19 heavy (non-hydrogen) atoms. The van der Waals surface area contributed by atoms with Gasteiger partial charge in [0.05, 0.1) is 6.61 Å². The second kappa shape index (κ2) is 6.71. The Morgan fingerprint density at radius 3 is 2.58 bits per heavy atom. The maximum absolute atomic E-state index is 5.19. The predicted octanol–water partition coefficient (Wildman–Crippen LogP) is 1.91. The zero-order valence-corrected chi connectivity index (χ0v) is 12.3. The number of rotatable bonds is 4. The topological polar surface area (TPSA) is 24.5 Å². The number of fused-ring (bicyclic) bond motifs is 1. The molecule has 106 valence electrons. The molecule has 0 amide bonds. The number of methoxy groups -OCH3 is 1. The van der Waals surface area contributed by atoms with E-state index in [1.165, 1.54) is 37.3 Å². The Kier molecular flexibility index (Phi) is 5.22. The van der Waals surface area contributed by atoms with Gasteiger partial charge >= 0.3 is 0 Å². The Morgan fingerprint density at radius 1 is 1.21 bits per heavy atom. The minimum atomic E-state index is 0. The van der Waals surface area contributed by atoms with Gasteiger partial charge in [-0.2, -0.15) is 0 Å². The molecule has 1 aromatic rings. The summed E-state index contributed by atoms with van der Waals surface area (Å²) in [5.74, 6) is 1.76. The summed E-state index contributed by atoms with van der Waals surface area (Å²) in [4.78, 5) is 2.60. The molecule has 4 heteroatoms. The Balaban J connectivity index is 0.00000133. The van der Waals surface area contributed by atoms with E-state index in [1.54, 1.807) is 7.11 Å². The van der Waals surface area contributed by atoms with Crippen LogP contribution in [0.4, 0.5) is 0 Å². The number of ether oxygens (including phenoxy) is 1. The van der Waals surface area contributed by atoms with Crippen LogP contribution in [0.25, 0.3) is 0 Å². The Hall–Kier alpha value is -0.610. The average Bonchev–Trinajstić information content (AvgIpc) is 2.90. The molecule has 3 nitrogen and oxygen atoms in total. The van der Waals surface area contributed by atoms with Gasteiger partial charge in [-0.25, -0.2) is 0 Å². The van der Waals surface area contributed by atoms with E-state index in [0.717, 1.165) is 18.4 Å². The quantitative estimate of drug-likeness (QED) is 0.913. The molecule has 1 N–H and O–H groups in total. The number of nitrogens with zero attached hydrogens (tertiary/aromatic N) is 1. The number of hydrogen-bond donors (Lipinski definition) is 1. The van der Waals surface area contributed by atoms with Crippen molar-refractivity contribution < 1.29 is 4.74 Å². The van der Waals surface area contributed by atoms with Crippen LogP contribution >= 0.6 is 12.4 Å². The summed E-state index contributed by atoms with van der Waals surface area (Å²) in [5, 5.41) is 3.49. The lowest BCUT2D eigenvalue weighted by molar-refractivity contribution is 0.184. The van der Waals surface area contributed by atoms with Gasteiger partial charge in [-0.1, -0.05) is 24.3 Å². The van der Waals surface area contributed by atoms with Crippen molar-refractivity contribution in [3.63, 3.8) is 0 Å². The highest BCUT2D eigenvalue weighted by Crippen LogP contribution is 2.27. The SMILES string of the molecule is COCc1cccc(CN2C[C@H]3CNC[C@H]3C2)c1.Cl. The van der Waals surface area contributed by atoms with Crippen LogP contribution in [-0.4, -0.2) is 38.2 Å². The first-order chi connectivity index (χ1) is 8.85. The fourth-order valence-electron chi connectivity index (χ4n) is 3.32. The molecule has 0 aliphatic carbocycles. The van der Waals surface area contributed by atoms with E-state index in [2.05, 4.69) is 34.5 Å². The molecule has 1 aromatic carbocycles. The molecule has 2 saturated heterocycles. The summed E-state index contributed by atoms with van der Waals surface area (Å²) in [5.41, 5.74) is 2.69. The zero-order valence-electron chi connectivity index (χ0n) is 11.5. The van der Waals surface area contributed by atoms with Gasteiger partial charge in [0.1, 0.15) is 0 Å². The Bertz CT molecular complexity index is 401. The third kappa shape index (κ3) is 3.48. The van der Waals surface area contributed by atoms with Crippen LogP contribution in [0.15, 0.2) is 24.3 Å². The summed E-state index contributed by atoms with van der Waals surface area (Å²) in [6, 6.07) is 8.78. The largest absolute Gasteiger partial charge is 0.380 e. The van der Waals surface area contributed by atoms with Crippen molar-refractivity contribution in [3.05, 3.63) is 35.4 Å². The van der Waals surface area contributed by atoms with E-state index in [-0.39, 0.29) is 12.4 Å². The molecule has 0 unspecified atom stereocenters. The van der Waals surface area contributed by atoms with Crippen LogP contribution in [0.3, 0.4) is 0 Å². The third-order valence-electron chi connectivity index (χ3n) is 4.17. The molecule has 2 atom stereocenters. The lowest BCUT2D eigenvalue weighted by Gasteiger charge is -2.17. The molecule has 0 spiro atoms. The lowest BCUT2D eigenvalue weighted by Crippen LogP contribution is -2.25. The van der Waals surface area contributed by atoms with Crippen molar-refractivity contribution in [1.29, 1.82) is 0 Å². The van der Waals surface area contributed by atoms with Crippen molar-refractivity contribution in [2.45, 2.75) is 13.2 Å². The van der Waals surface area contributed by atoms with E-state index in [9.17, 15) is 0 Å². The molecule has 0 radical (unpaired) electrons. The number of likely N-dealkylation sites (tertiary alicyclic amines) is 1. The smallest absolute Gasteiger partial charge is 0.0713 e. The molecule has 0 aromatic heterocycles. The minimum Gasteiger partial charge on any atom is -0.380 e. The molecular formula is C15H23ClN2O. The van der Waals surface area contributed by atoms with E-state index in [0.29, 0.717) is 6.61 Å². The first-order valence-corrected chi connectivity index (χ1v) is 6.85. The van der Waals surface area contributed by atoms with Gasteiger partial charge in [0.2, 0.25) is 0 Å². The van der Waals surface area contributed by atoms with Gasteiger partial charge in [0.15, 0.2) is 0 Å². The van der Waals surface area contributed by atoms with Crippen LogP contribution in [-0.2, 0) is 17.9 Å². The third-order valence-corrected chi connectivity index (χ3v) is 4.17. The van der Waals surface area contributed by atoms with Crippen molar-refractivity contribution in [2.24, 2.45) is 11.8 Å². The van der Waals surface area contributed by atoms with Crippen molar-refractivity contribution in [3.8, 4) is 0 Å². The second-order valence-electron chi connectivity index (χ2n) is 5.63. The van der Waals surface area contributed by atoms with Gasteiger partial charge in [0, 0.05) is 26.7 Å². The Morgan fingerprint density at radius 2 is 1.89 bits per heavy atom. The van der Waals surface area contributed by atoms with Crippen LogP contribution in [0, 0.1) is 11.8 Å². The van der Waals surface area contributed by atoms with Gasteiger partial charge in [-0.3, -0.25) is 4.90 Å². The highest BCUT2D eigenvalue weighted by Gasteiger charge is 2.35. The maximum Gasteiger partial charge on any atom is 0.0713 e. The first-order valence-electron chi connectivity index (χ1n) is 6.85. The van der Waals surface area contributed by atoms with Gasteiger partial charge in [-0.15, -0.1) is 12.4 Å². The molecule has 0 saturated carbocycles. The summed E-state index contributed by atoms with van der Waals surface area (Å²) in [6.07, 6.45) is 0. The van der Waals surface area contributed by atoms with E-state index < -0.39 is 0 Å². The predicted molar refractivity (Wildman–Crippen MR) is 79.5 cm³/mol. The normalized spacial score (nSPS) is 26.2. The molecule has 2 heterocycles. The van der Waals surface area contributed by atoms with Gasteiger partial charge < -0.3 is 10.1 Å². The van der Waals surface area contributed by atoms with Gasteiger partial charge in [0.25, 0.3) is 0 Å². The fourth-order valence-corrected chi connectivity index (χ4v) is 3.32. The van der Waals surface area contributed by atoms with Crippen LogP contribution in [0.2, 0.25) is 0 Å². The molecule has 0 bridgehead atoms. The monoisotopic (exact) mass is 282 g/mol. The van der Waals surface area contributed by atoms with Crippen molar-refractivity contribution >= 4 is 12.4 Å². The van der Waals surface area contributed by atoms with E-state index in [1.807, 2.05) is 0 Å². The standard InChI is InChI=1S/C15H22N2O.ClH/c1-18-11-13-4-2-3-12(5-13)8-17-9-14-6-16-7-15(14)10-17;/h2-5,14-16H,6-11H2,1H3;1H/t14-,15+;. The Labute approximate surface area is 121 Å². The summed E-state index contributed by atoms with van der Waals surface area (Å²) in [6.45, 7) is 6.74. The van der Waals surface area contributed by atoms with Crippen LogP contribution in [0.1, 0.15) is 11.1 Å². The summed E-state index contributed by atoms with van der Waals surface area (Å²) < 4.78 is 5.19. The highest BCUT2D eigenvalue weighted by molar-refractivity contribution is 5.85. The molecule has 3 rings (SSSR count). The summed E-state index contributed by atoms with van der Waals surface area (Å²) in [7, 11) is 1.75. The van der Waals surface area contributed by atoms with Crippen molar-refractivity contribution in [2.75, 3.05) is 33.3 Å². The van der Waals surface area contributed by atoms with Gasteiger partial charge in [-0.05, 0) is 36.1 Å². The highest BCUT2D eigenvalue weighted by atomic mass is 35.5. The molecular weight excluding hydrogens is 260 g/mol. The van der Waals surface area contributed by atoms with E-state index >= 15 is 0 Å².